The van der Waals surface area contributed by atoms with Crippen LogP contribution in [0.3, 0.4) is 0 Å². The lowest BCUT2D eigenvalue weighted by Gasteiger charge is -2.23. The fraction of sp³-hybridized carbons (Fsp3) is 0.615. The van der Waals surface area contributed by atoms with Gasteiger partial charge in [-0.15, -0.1) is 0 Å². The summed E-state index contributed by atoms with van der Waals surface area (Å²) in [5, 5.41) is 1.85. The van der Waals surface area contributed by atoms with E-state index in [0.29, 0.717) is 10.2 Å². The molecule has 2 radical (unpaired) electrons. The lowest BCUT2D eigenvalue weighted by molar-refractivity contribution is 0.0758. The van der Waals surface area contributed by atoms with Gasteiger partial charge in [0.2, 0.25) is 0 Å². The lowest BCUT2D eigenvalue weighted by Crippen LogP contribution is -2.32. The van der Waals surface area contributed by atoms with Crippen LogP contribution in [0.1, 0.15) is 43.5 Å². The van der Waals surface area contributed by atoms with E-state index in [1.54, 1.807) is 6.07 Å². The molecule has 2 rings (SSSR count). The van der Waals surface area contributed by atoms with Gasteiger partial charge in [-0.05, 0) is 35.5 Å². The molecule has 1 aliphatic heterocycles. The zero-order chi connectivity index (χ0) is 12.5. The summed E-state index contributed by atoms with van der Waals surface area (Å²) < 4.78 is 0.712. The Labute approximate surface area is 108 Å². The maximum Gasteiger partial charge on any atom is 0.254 e. The molecule has 1 aliphatic rings. The topological polar surface area (TPSA) is 20.3 Å². The predicted octanol–water partition coefficient (Wildman–Crippen LogP) is 2.19. The Kier molecular flexibility index (Phi) is 3.62. The van der Waals surface area contributed by atoms with Crippen LogP contribution in [0.15, 0.2) is 11.4 Å². The molecule has 90 valence electrons. The maximum atomic E-state index is 12.3. The van der Waals surface area contributed by atoms with Crippen LogP contribution < -0.4 is 4.78 Å². The molecule has 0 saturated carbocycles. The predicted molar refractivity (Wildman–Crippen MR) is 73.2 cm³/mol. The third-order valence-corrected chi connectivity index (χ3v) is 4.26. The molecule has 0 spiro atoms. The van der Waals surface area contributed by atoms with Gasteiger partial charge >= 0.3 is 0 Å². The van der Waals surface area contributed by atoms with Gasteiger partial charge in [0.05, 0.1) is 0 Å². The quantitative estimate of drug-likeness (QED) is 0.696. The molecule has 1 aromatic heterocycles. The number of carbonyl (C=O) groups excluding carboxylic acids is 1. The Morgan fingerprint density at radius 3 is 2.82 bits per heavy atom. The Morgan fingerprint density at radius 2 is 2.18 bits per heavy atom. The number of nitrogens with zero attached hydrogens (tertiary/aromatic N) is 1. The fourth-order valence-corrected chi connectivity index (χ4v) is 2.90. The average Bonchev–Trinajstić information content (AvgIpc) is 2.60. The van der Waals surface area contributed by atoms with Crippen LogP contribution in [-0.2, 0) is 0 Å². The maximum absolute atomic E-state index is 12.3. The second kappa shape index (κ2) is 4.85. The van der Waals surface area contributed by atoms with E-state index in [9.17, 15) is 4.79 Å². The molecule has 4 heteroatoms. The number of likely N-dealkylation sites (tertiary alicyclic amines) is 1. The van der Waals surface area contributed by atoms with Crippen molar-refractivity contribution in [1.82, 2.24) is 4.90 Å². The summed E-state index contributed by atoms with van der Waals surface area (Å²) in [4.78, 5) is 14.2. The summed E-state index contributed by atoms with van der Waals surface area (Å²) in [6.45, 7) is 6.30. The molecule has 1 aromatic rings. The largest absolute Gasteiger partial charge is 0.339 e. The highest BCUT2D eigenvalue weighted by Crippen LogP contribution is 2.30. The Bertz CT molecular complexity index is 413. The summed E-state index contributed by atoms with van der Waals surface area (Å²) in [7, 11) is 5.67. The van der Waals surface area contributed by atoms with Gasteiger partial charge in [-0.1, -0.05) is 13.8 Å². The molecule has 0 N–H and O–H groups in total. The van der Waals surface area contributed by atoms with Crippen LogP contribution in [0.2, 0.25) is 0 Å². The van der Waals surface area contributed by atoms with E-state index in [0.717, 1.165) is 31.5 Å². The lowest BCUT2D eigenvalue weighted by atomic mass is 9.85. The van der Waals surface area contributed by atoms with E-state index in [-0.39, 0.29) is 5.91 Å². The zero-order valence-electron chi connectivity index (χ0n) is 10.5. The smallest absolute Gasteiger partial charge is 0.254 e. The van der Waals surface area contributed by atoms with Crippen molar-refractivity contribution in [2.45, 2.75) is 33.1 Å². The first-order valence-corrected chi connectivity index (χ1v) is 6.99. The summed E-state index contributed by atoms with van der Waals surface area (Å²) in [5.41, 5.74) is 1.11. The minimum absolute atomic E-state index is 0.135. The van der Waals surface area contributed by atoms with Gasteiger partial charge in [0, 0.05) is 24.0 Å². The van der Waals surface area contributed by atoms with Crippen LogP contribution in [0.4, 0.5) is 0 Å². The molecule has 0 aliphatic carbocycles. The molecule has 2 heterocycles. The van der Waals surface area contributed by atoms with E-state index < -0.39 is 0 Å². The minimum Gasteiger partial charge on any atom is -0.339 e. The van der Waals surface area contributed by atoms with Gasteiger partial charge in [-0.2, -0.15) is 11.3 Å². The normalized spacial score (nSPS) is 20.0. The first kappa shape index (κ1) is 12.7. The first-order valence-electron chi connectivity index (χ1n) is 6.11. The van der Waals surface area contributed by atoms with E-state index >= 15 is 0 Å². The van der Waals surface area contributed by atoms with Crippen molar-refractivity contribution in [2.75, 3.05) is 13.1 Å². The molecule has 17 heavy (non-hydrogen) atoms. The first-order chi connectivity index (χ1) is 7.98. The third kappa shape index (κ3) is 3.12. The minimum atomic E-state index is 0.135. The number of rotatable bonds is 1. The van der Waals surface area contributed by atoms with Crippen molar-refractivity contribution >= 4 is 29.9 Å². The van der Waals surface area contributed by atoms with Gasteiger partial charge in [-0.25, -0.2) is 0 Å². The number of carbonyl (C=O) groups is 1. The highest BCUT2D eigenvalue weighted by atomic mass is 32.1. The van der Waals surface area contributed by atoms with Gasteiger partial charge in [0.15, 0.2) is 0 Å². The summed E-state index contributed by atoms with van der Waals surface area (Å²) in [6.07, 6.45) is 3.37. The van der Waals surface area contributed by atoms with Crippen LogP contribution in [0.25, 0.3) is 0 Å². The highest BCUT2D eigenvalue weighted by molar-refractivity contribution is 7.18. The molecule has 2 nitrogen and oxygen atoms in total. The summed E-state index contributed by atoms with van der Waals surface area (Å²) in [5.74, 6) is 0.135. The fourth-order valence-electron chi connectivity index (χ4n) is 2.27. The molecular weight excluding hydrogens is 229 g/mol. The van der Waals surface area contributed by atoms with E-state index in [2.05, 4.69) is 13.8 Å². The molecule has 0 unspecified atom stereocenters. The highest BCUT2D eigenvalue weighted by Gasteiger charge is 2.26. The van der Waals surface area contributed by atoms with Gasteiger partial charge in [0.1, 0.15) is 7.85 Å². The van der Waals surface area contributed by atoms with Crippen molar-refractivity contribution in [3.8, 4) is 0 Å². The number of amides is 1. The van der Waals surface area contributed by atoms with E-state index in [1.165, 1.54) is 17.8 Å². The second-order valence-electron chi connectivity index (χ2n) is 5.55. The van der Waals surface area contributed by atoms with Crippen molar-refractivity contribution < 1.29 is 4.79 Å². The zero-order valence-corrected chi connectivity index (χ0v) is 11.3. The molecule has 1 fully saturated rings. The van der Waals surface area contributed by atoms with Gasteiger partial charge < -0.3 is 4.90 Å². The van der Waals surface area contributed by atoms with Crippen LogP contribution in [0.5, 0.6) is 0 Å². The van der Waals surface area contributed by atoms with Crippen molar-refractivity contribution in [1.29, 1.82) is 0 Å². The van der Waals surface area contributed by atoms with Crippen molar-refractivity contribution in [2.24, 2.45) is 5.41 Å². The molecule has 0 atom stereocenters. The summed E-state index contributed by atoms with van der Waals surface area (Å²) >= 11 is 1.43. The standard InChI is InChI=1S/C13H18BNOS/c1-13(2)4-3-6-15(7-5-13)12(16)10-8-11(14)17-9-10/h8-9H,3-7H2,1-2H3. The van der Waals surface area contributed by atoms with Crippen LogP contribution >= 0.6 is 11.3 Å². The van der Waals surface area contributed by atoms with Crippen LogP contribution in [-0.4, -0.2) is 31.7 Å². The number of hydrogen-bond donors (Lipinski definition) is 0. The molecule has 0 aromatic carbocycles. The van der Waals surface area contributed by atoms with Gasteiger partial charge in [-0.3, -0.25) is 4.79 Å². The molecule has 0 bridgehead atoms. The van der Waals surface area contributed by atoms with E-state index in [1.807, 2.05) is 10.3 Å². The molecular formula is C13H18BNOS. The Balaban J connectivity index is 2.05. The average molecular weight is 247 g/mol. The van der Waals surface area contributed by atoms with Crippen molar-refractivity contribution in [3.63, 3.8) is 0 Å². The van der Waals surface area contributed by atoms with Gasteiger partial charge in [0.25, 0.3) is 5.91 Å². The Hall–Kier alpha value is -0.765. The Morgan fingerprint density at radius 1 is 1.41 bits per heavy atom. The van der Waals surface area contributed by atoms with Crippen molar-refractivity contribution in [3.05, 3.63) is 17.0 Å². The number of hydrogen-bond acceptors (Lipinski definition) is 2. The van der Waals surface area contributed by atoms with Crippen LogP contribution in [0, 0.1) is 5.41 Å². The van der Waals surface area contributed by atoms with E-state index in [4.69, 9.17) is 7.85 Å². The summed E-state index contributed by atoms with van der Waals surface area (Å²) in [6, 6.07) is 1.78. The molecule has 1 saturated heterocycles. The second-order valence-corrected chi connectivity index (χ2v) is 6.49. The molecule has 1 amide bonds. The monoisotopic (exact) mass is 247 g/mol. The SMILES string of the molecule is [B]c1cc(C(=O)N2CCCC(C)(C)CC2)cs1. The number of thiophene rings is 1. The third-order valence-electron chi connectivity index (χ3n) is 3.49.